The number of nitrogens with zero attached hydrogens (tertiary/aromatic N) is 1. The molecule has 2 N–H and O–H groups in total. The van der Waals surface area contributed by atoms with Crippen molar-refractivity contribution in [2.24, 2.45) is 5.41 Å². The van der Waals surface area contributed by atoms with E-state index in [2.05, 4.69) is 24.9 Å². The first kappa shape index (κ1) is 11.5. The lowest BCUT2D eigenvalue weighted by Crippen LogP contribution is -2.22. The standard InChI is InChI=1S/C13H17ClN2/c1-13(2)7-9(6-10(14)8-13)11-4-3-5-16-12(11)15/h3-6,10H,7-8H2,1-2H3,(H2,15,16). The van der Waals surface area contributed by atoms with E-state index in [4.69, 9.17) is 17.3 Å². The molecule has 16 heavy (non-hydrogen) atoms. The zero-order valence-corrected chi connectivity index (χ0v) is 10.5. The Labute approximate surface area is 102 Å². The van der Waals surface area contributed by atoms with Gasteiger partial charge < -0.3 is 5.73 Å². The van der Waals surface area contributed by atoms with E-state index < -0.39 is 0 Å². The van der Waals surface area contributed by atoms with Crippen LogP contribution < -0.4 is 5.73 Å². The van der Waals surface area contributed by atoms with Crippen LogP contribution in [-0.4, -0.2) is 10.4 Å². The predicted molar refractivity (Wildman–Crippen MR) is 69.3 cm³/mol. The van der Waals surface area contributed by atoms with Crippen molar-refractivity contribution in [1.82, 2.24) is 4.98 Å². The molecule has 0 saturated heterocycles. The molecule has 1 heterocycles. The Hall–Kier alpha value is -1.02. The molecule has 0 aliphatic heterocycles. The highest BCUT2D eigenvalue weighted by molar-refractivity contribution is 6.22. The fourth-order valence-electron chi connectivity index (χ4n) is 2.33. The summed E-state index contributed by atoms with van der Waals surface area (Å²) in [4.78, 5) is 4.12. The van der Waals surface area contributed by atoms with Gasteiger partial charge in [0.2, 0.25) is 0 Å². The summed E-state index contributed by atoms with van der Waals surface area (Å²) in [5, 5.41) is 0.0957. The number of hydrogen-bond donors (Lipinski definition) is 1. The number of pyridine rings is 1. The largest absolute Gasteiger partial charge is 0.383 e. The minimum Gasteiger partial charge on any atom is -0.383 e. The molecule has 86 valence electrons. The van der Waals surface area contributed by atoms with Gasteiger partial charge in [-0.3, -0.25) is 0 Å². The van der Waals surface area contributed by atoms with Crippen molar-refractivity contribution in [1.29, 1.82) is 0 Å². The first-order valence-electron chi connectivity index (χ1n) is 5.53. The molecule has 0 bridgehead atoms. The van der Waals surface area contributed by atoms with E-state index in [9.17, 15) is 0 Å². The molecule has 1 unspecified atom stereocenters. The minimum absolute atomic E-state index is 0.0957. The molecule has 1 aromatic rings. The van der Waals surface area contributed by atoms with Crippen molar-refractivity contribution in [2.45, 2.75) is 32.1 Å². The van der Waals surface area contributed by atoms with E-state index in [1.165, 1.54) is 5.57 Å². The monoisotopic (exact) mass is 236 g/mol. The molecule has 0 radical (unpaired) electrons. The van der Waals surface area contributed by atoms with Gasteiger partial charge in [0.25, 0.3) is 0 Å². The number of nitrogens with two attached hydrogens (primary N) is 1. The summed E-state index contributed by atoms with van der Waals surface area (Å²) < 4.78 is 0. The summed E-state index contributed by atoms with van der Waals surface area (Å²) >= 11 is 6.26. The Morgan fingerprint density at radius 3 is 2.88 bits per heavy atom. The fourth-order valence-corrected chi connectivity index (χ4v) is 2.90. The van der Waals surface area contributed by atoms with Crippen molar-refractivity contribution in [3.8, 4) is 0 Å². The highest BCUT2D eigenvalue weighted by Gasteiger charge is 2.28. The van der Waals surface area contributed by atoms with Gasteiger partial charge in [-0.05, 0) is 36.0 Å². The maximum Gasteiger partial charge on any atom is 0.130 e. The van der Waals surface area contributed by atoms with Crippen molar-refractivity contribution >= 4 is 23.0 Å². The number of halogens is 1. The SMILES string of the molecule is CC1(C)CC(c2cccnc2N)=CC(Cl)C1. The third-order valence-electron chi connectivity index (χ3n) is 2.98. The first-order valence-corrected chi connectivity index (χ1v) is 5.97. The van der Waals surface area contributed by atoms with Crippen molar-refractivity contribution in [2.75, 3.05) is 5.73 Å². The summed E-state index contributed by atoms with van der Waals surface area (Å²) in [7, 11) is 0. The molecular formula is C13H17ClN2. The molecule has 1 atom stereocenters. The van der Waals surface area contributed by atoms with Gasteiger partial charge in [0.05, 0.1) is 5.38 Å². The average molecular weight is 237 g/mol. The van der Waals surface area contributed by atoms with E-state index in [1.807, 2.05) is 12.1 Å². The fraction of sp³-hybridized carbons (Fsp3) is 0.462. The average Bonchev–Trinajstić information content (AvgIpc) is 2.15. The molecule has 0 aromatic carbocycles. The quantitative estimate of drug-likeness (QED) is 0.759. The summed E-state index contributed by atoms with van der Waals surface area (Å²) in [5.41, 5.74) is 8.38. The summed E-state index contributed by atoms with van der Waals surface area (Å²) in [6.45, 7) is 4.48. The van der Waals surface area contributed by atoms with Gasteiger partial charge in [-0.25, -0.2) is 4.98 Å². The molecule has 1 aromatic heterocycles. The second-order valence-electron chi connectivity index (χ2n) is 5.19. The van der Waals surface area contributed by atoms with Crippen LogP contribution >= 0.6 is 11.6 Å². The van der Waals surface area contributed by atoms with Crippen LogP contribution in [-0.2, 0) is 0 Å². The lowest BCUT2D eigenvalue weighted by atomic mass is 9.75. The van der Waals surface area contributed by atoms with Gasteiger partial charge in [0, 0.05) is 11.8 Å². The van der Waals surface area contributed by atoms with Crippen LogP contribution in [0.2, 0.25) is 0 Å². The van der Waals surface area contributed by atoms with E-state index in [0.717, 1.165) is 18.4 Å². The third kappa shape index (κ3) is 2.38. The maximum atomic E-state index is 6.26. The van der Waals surface area contributed by atoms with Crippen molar-refractivity contribution < 1.29 is 0 Å². The smallest absolute Gasteiger partial charge is 0.130 e. The van der Waals surface area contributed by atoms with Gasteiger partial charge in [0.1, 0.15) is 5.82 Å². The molecule has 1 aliphatic rings. The topological polar surface area (TPSA) is 38.9 Å². The van der Waals surface area contributed by atoms with Gasteiger partial charge in [0.15, 0.2) is 0 Å². The highest BCUT2D eigenvalue weighted by atomic mass is 35.5. The Kier molecular flexibility index (Phi) is 2.94. The second-order valence-corrected chi connectivity index (χ2v) is 5.75. The van der Waals surface area contributed by atoms with Crippen LogP contribution in [0.5, 0.6) is 0 Å². The van der Waals surface area contributed by atoms with E-state index in [1.54, 1.807) is 6.20 Å². The second kappa shape index (κ2) is 4.10. The van der Waals surface area contributed by atoms with Gasteiger partial charge in [-0.15, -0.1) is 11.6 Å². The van der Waals surface area contributed by atoms with Crippen LogP contribution in [0, 0.1) is 5.41 Å². The number of allylic oxidation sites excluding steroid dienone is 2. The molecule has 0 amide bonds. The summed E-state index contributed by atoms with van der Waals surface area (Å²) in [5.74, 6) is 0.593. The Morgan fingerprint density at radius 2 is 2.25 bits per heavy atom. The van der Waals surface area contributed by atoms with Crippen LogP contribution in [0.3, 0.4) is 0 Å². The van der Waals surface area contributed by atoms with Crippen molar-refractivity contribution in [3.63, 3.8) is 0 Å². The zero-order chi connectivity index (χ0) is 11.8. The van der Waals surface area contributed by atoms with Crippen LogP contribution in [0.4, 0.5) is 5.82 Å². The number of alkyl halides is 1. The van der Waals surface area contributed by atoms with E-state index in [-0.39, 0.29) is 10.8 Å². The zero-order valence-electron chi connectivity index (χ0n) is 9.70. The highest BCUT2D eigenvalue weighted by Crippen LogP contribution is 2.41. The van der Waals surface area contributed by atoms with E-state index >= 15 is 0 Å². The summed E-state index contributed by atoms with van der Waals surface area (Å²) in [6.07, 6.45) is 5.84. The molecule has 0 spiro atoms. The number of anilines is 1. The number of nitrogen functional groups attached to an aromatic ring is 1. The predicted octanol–water partition coefficient (Wildman–Crippen LogP) is 3.47. The lowest BCUT2D eigenvalue weighted by Gasteiger charge is -2.32. The Bertz CT molecular complexity index is 424. The third-order valence-corrected chi connectivity index (χ3v) is 3.26. The molecule has 1 aliphatic carbocycles. The molecule has 0 fully saturated rings. The first-order chi connectivity index (χ1) is 7.48. The Balaban J connectivity index is 2.38. The maximum absolute atomic E-state index is 6.26. The minimum atomic E-state index is 0.0957. The van der Waals surface area contributed by atoms with Crippen LogP contribution in [0.25, 0.3) is 5.57 Å². The molecule has 0 saturated carbocycles. The molecule has 3 heteroatoms. The van der Waals surface area contributed by atoms with E-state index in [0.29, 0.717) is 5.82 Å². The van der Waals surface area contributed by atoms with Gasteiger partial charge >= 0.3 is 0 Å². The van der Waals surface area contributed by atoms with Crippen LogP contribution in [0.15, 0.2) is 24.4 Å². The number of rotatable bonds is 1. The van der Waals surface area contributed by atoms with Gasteiger partial charge in [-0.2, -0.15) is 0 Å². The van der Waals surface area contributed by atoms with Gasteiger partial charge in [-0.1, -0.05) is 19.9 Å². The Morgan fingerprint density at radius 1 is 1.50 bits per heavy atom. The number of aromatic nitrogens is 1. The molecule has 2 rings (SSSR count). The molecular weight excluding hydrogens is 220 g/mol. The molecule has 2 nitrogen and oxygen atoms in total. The number of hydrogen-bond acceptors (Lipinski definition) is 2. The lowest BCUT2D eigenvalue weighted by molar-refractivity contribution is 0.340. The summed E-state index contributed by atoms with van der Waals surface area (Å²) in [6, 6.07) is 3.93. The van der Waals surface area contributed by atoms with Crippen molar-refractivity contribution in [3.05, 3.63) is 30.0 Å². The normalized spacial score (nSPS) is 23.9. The van der Waals surface area contributed by atoms with Crippen LogP contribution in [0.1, 0.15) is 32.3 Å².